The highest BCUT2D eigenvalue weighted by molar-refractivity contribution is 7.89. The number of nitro groups is 1. The maximum absolute atomic E-state index is 12.5. The van der Waals surface area contributed by atoms with Gasteiger partial charge in [-0.05, 0) is 37.8 Å². The Labute approximate surface area is 123 Å². The van der Waals surface area contributed by atoms with Gasteiger partial charge in [0.2, 0.25) is 10.0 Å². The molecule has 21 heavy (non-hydrogen) atoms. The molecule has 1 aromatic rings. The van der Waals surface area contributed by atoms with Crippen LogP contribution in [-0.2, 0) is 10.0 Å². The van der Waals surface area contributed by atoms with Gasteiger partial charge in [0.05, 0.1) is 9.82 Å². The zero-order valence-electron chi connectivity index (χ0n) is 11.8. The molecule has 0 heterocycles. The first-order valence-electron chi connectivity index (χ1n) is 6.52. The minimum Gasteiger partial charge on any atom is -0.318 e. The van der Waals surface area contributed by atoms with Gasteiger partial charge in [0, 0.05) is 19.2 Å². The van der Waals surface area contributed by atoms with Gasteiger partial charge in [-0.1, -0.05) is 0 Å². The molecule has 1 unspecified atom stereocenters. The first-order chi connectivity index (χ1) is 9.78. The molecule has 1 aliphatic carbocycles. The molecular weight excluding hydrogens is 296 g/mol. The predicted octanol–water partition coefficient (Wildman–Crippen LogP) is 1.30. The van der Waals surface area contributed by atoms with E-state index in [-0.39, 0.29) is 22.3 Å². The minimum absolute atomic E-state index is 0.0175. The molecule has 1 saturated carbocycles. The molecule has 1 fully saturated rings. The van der Waals surface area contributed by atoms with E-state index in [1.165, 1.54) is 23.5 Å². The molecule has 8 nitrogen and oxygen atoms in total. The van der Waals surface area contributed by atoms with Crippen LogP contribution in [-0.4, -0.2) is 30.7 Å². The summed E-state index contributed by atoms with van der Waals surface area (Å²) in [5.41, 5.74) is 1.87. The van der Waals surface area contributed by atoms with Crippen LogP contribution < -0.4 is 11.3 Å². The van der Waals surface area contributed by atoms with Crippen LogP contribution in [0, 0.1) is 16.0 Å². The zero-order chi connectivity index (χ0) is 15.8. The summed E-state index contributed by atoms with van der Waals surface area (Å²) in [5.74, 6) is 5.62. The van der Waals surface area contributed by atoms with E-state index in [0.717, 1.165) is 18.9 Å². The van der Waals surface area contributed by atoms with Gasteiger partial charge in [-0.25, -0.2) is 8.42 Å². The number of benzene rings is 1. The summed E-state index contributed by atoms with van der Waals surface area (Å²) >= 11 is 0. The SMILES string of the molecule is CC(C1CC1)N(C)S(=O)(=O)c1ccc([N+](=O)[O-])c(NN)c1. The van der Waals surface area contributed by atoms with Crippen molar-refractivity contribution in [3.63, 3.8) is 0 Å². The third kappa shape index (κ3) is 2.99. The maximum atomic E-state index is 12.5. The number of hydrogen-bond acceptors (Lipinski definition) is 6. The number of nitrogens with two attached hydrogens (primary N) is 1. The highest BCUT2D eigenvalue weighted by Gasteiger charge is 2.36. The molecule has 1 atom stereocenters. The highest BCUT2D eigenvalue weighted by atomic mass is 32.2. The topological polar surface area (TPSA) is 119 Å². The Kier molecular flexibility index (Phi) is 4.17. The Morgan fingerprint density at radius 2 is 2.10 bits per heavy atom. The lowest BCUT2D eigenvalue weighted by atomic mass is 10.2. The van der Waals surface area contributed by atoms with Crippen molar-refractivity contribution in [3.8, 4) is 0 Å². The monoisotopic (exact) mass is 314 g/mol. The van der Waals surface area contributed by atoms with Gasteiger partial charge in [0.25, 0.3) is 5.69 Å². The Bertz CT molecular complexity index is 657. The van der Waals surface area contributed by atoms with Gasteiger partial charge in [0.15, 0.2) is 0 Å². The average Bonchev–Trinajstić information content (AvgIpc) is 3.29. The number of anilines is 1. The van der Waals surface area contributed by atoms with E-state index in [2.05, 4.69) is 5.43 Å². The molecule has 0 aliphatic heterocycles. The molecule has 0 aromatic heterocycles. The average molecular weight is 314 g/mol. The van der Waals surface area contributed by atoms with Crippen LogP contribution in [0.4, 0.5) is 11.4 Å². The zero-order valence-corrected chi connectivity index (χ0v) is 12.6. The third-order valence-electron chi connectivity index (χ3n) is 3.87. The Balaban J connectivity index is 2.37. The third-order valence-corrected chi connectivity index (χ3v) is 5.82. The van der Waals surface area contributed by atoms with Crippen LogP contribution in [0.2, 0.25) is 0 Å². The molecule has 0 bridgehead atoms. The number of nitrogens with zero attached hydrogens (tertiary/aromatic N) is 2. The van der Waals surface area contributed by atoms with Gasteiger partial charge in [-0.15, -0.1) is 0 Å². The lowest BCUT2D eigenvalue weighted by molar-refractivity contribution is -0.384. The second kappa shape index (κ2) is 5.58. The fraction of sp³-hybridized carbons (Fsp3) is 0.500. The number of sulfonamides is 1. The summed E-state index contributed by atoms with van der Waals surface area (Å²) in [6, 6.07) is 3.45. The summed E-state index contributed by atoms with van der Waals surface area (Å²) < 4.78 is 26.4. The first kappa shape index (κ1) is 15.7. The van der Waals surface area contributed by atoms with Gasteiger partial charge in [-0.2, -0.15) is 4.31 Å². The number of hydrazine groups is 1. The summed E-state index contributed by atoms with van der Waals surface area (Å²) in [7, 11) is -2.18. The quantitative estimate of drug-likeness (QED) is 0.464. The molecule has 3 N–H and O–H groups in total. The largest absolute Gasteiger partial charge is 0.318 e. The number of nitrogens with one attached hydrogen (secondary N) is 1. The summed E-state index contributed by atoms with van der Waals surface area (Å²) in [5, 5.41) is 10.8. The van der Waals surface area contributed by atoms with E-state index in [4.69, 9.17) is 5.84 Å². The van der Waals surface area contributed by atoms with Gasteiger partial charge in [-0.3, -0.25) is 16.0 Å². The molecular formula is C12H18N4O4S. The van der Waals surface area contributed by atoms with Crippen molar-refractivity contribution >= 4 is 21.4 Å². The van der Waals surface area contributed by atoms with E-state index in [0.29, 0.717) is 5.92 Å². The van der Waals surface area contributed by atoms with Crippen molar-refractivity contribution in [2.45, 2.75) is 30.7 Å². The van der Waals surface area contributed by atoms with Gasteiger partial charge >= 0.3 is 0 Å². The molecule has 0 radical (unpaired) electrons. The fourth-order valence-corrected chi connectivity index (χ4v) is 3.66. The Morgan fingerprint density at radius 1 is 1.48 bits per heavy atom. The molecule has 1 aliphatic rings. The van der Waals surface area contributed by atoms with Gasteiger partial charge in [0.1, 0.15) is 5.69 Å². The van der Waals surface area contributed by atoms with Crippen molar-refractivity contribution in [1.29, 1.82) is 0 Å². The van der Waals surface area contributed by atoms with Crippen LogP contribution >= 0.6 is 0 Å². The molecule has 0 spiro atoms. The highest BCUT2D eigenvalue weighted by Crippen LogP contribution is 2.37. The van der Waals surface area contributed by atoms with Crippen molar-refractivity contribution in [2.24, 2.45) is 11.8 Å². The number of hydrogen-bond donors (Lipinski definition) is 2. The van der Waals surface area contributed by atoms with E-state index >= 15 is 0 Å². The lowest BCUT2D eigenvalue weighted by Crippen LogP contribution is -2.36. The van der Waals surface area contributed by atoms with Gasteiger partial charge < -0.3 is 5.43 Å². The second-order valence-electron chi connectivity index (χ2n) is 5.18. The normalized spacial score (nSPS) is 16.8. The van der Waals surface area contributed by atoms with Crippen LogP contribution in [0.1, 0.15) is 19.8 Å². The fourth-order valence-electron chi connectivity index (χ4n) is 2.21. The van der Waals surface area contributed by atoms with E-state index in [1.54, 1.807) is 0 Å². The van der Waals surface area contributed by atoms with Crippen molar-refractivity contribution in [1.82, 2.24) is 4.31 Å². The Hall–Kier alpha value is -1.71. The van der Waals surface area contributed by atoms with Crippen molar-refractivity contribution in [3.05, 3.63) is 28.3 Å². The van der Waals surface area contributed by atoms with E-state index < -0.39 is 14.9 Å². The number of nitrogen functional groups attached to an aromatic ring is 1. The van der Waals surface area contributed by atoms with E-state index in [1.807, 2.05) is 6.92 Å². The molecule has 2 rings (SSSR count). The summed E-state index contributed by atoms with van der Waals surface area (Å²) in [6.07, 6.45) is 2.05. The van der Waals surface area contributed by atoms with Crippen LogP contribution in [0.15, 0.2) is 23.1 Å². The number of rotatable bonds is 6. The molecule has 1 aromatic carbocycles. The van der Waals surface area contributed by atoms with Crippen LogP contribution in [0.3, 0.4) is 0 Å². The lowest BCUT2D eigenvalue weighted by Gasteiger charge is -2.24. The Morgan fingerprint density at radius 3 is 2.57 bits per heavy atom. The van der Waals surface area contributed by atoms with E-state index in [9.17, 15) is 18.5 Å². The second-order valence-corrected chi connectivity index (χ2v) is 7.18. The maximum Gasteiger partial charge on any atom is 0.293 e. The number of nitro benzene ring substituents is 1. The summed E-state index contributed by atoms with van der Waals surface area (Å²) in [4.78, 5) is 10.2. The molecule has 0 saturated heterocycles. The summed E-state index contributed by atoms with van der Waals surface area (Å²) in [6.45, 7) is 1.86. The molecule has 9 heteroatoms. The van der Waals surface area contributed by atoms with Crippen molar-refractivity contribution < 1.29 is 13.3 Å². The van der Waals surface area contributed by atoms with Crippen LogP contribution in [0.5, 0.6) is 0 Å². The van der Waals surface area contributed by atoms with Crippen molar-refractivity contribution in [2.75, 3.05) is 12.5 Å². The predicted molar refractivity (Wildman–Crippen MR) is 78.0 cm³/mol. The molecule has 0 amide bonds. The van der Waals surface area contributed by atoms with Crippen LogP contribution in [0.25, 0.3) is 0 Å². The minimum atomic E-state index is -3.70. The standard InChI is InChI=1S/C12H18N4O4S/c1-8(9-3-4-9)15(2)21(19,20)10-5-6-12(16(17)18)11(7-10)14-13/h5-9,14H,3-4,13H2,1-2H3. The first-order valence-corrected chi connectivity index (χ1v) is 7.96. The molecule has 116 valence electrons. The smallest absolute Gasteiger partial charge is 0.293 e.